The molecule has 0 spiro atoms. The zero-order chi connectivity index (χ0) is 7.28. The molecule has 0 aromatic heterocycles. The van der Waals surface area contributed by atoms with Crippen LogP contribution in [0, 0.1) is 0 Å². The molecular weight excluding hydrogens is 168 g/mol. The predicted molar refractivity (Wildman–Crippen MR) is 31.4 cm³/mol. The lowest BCUT2D eigenvalue weighted by atomic mass is 11.4. The molecule has 2 atom stereocenters. The molecule has 0 aliphatic rings. The summed E-state index contributed by atoms with van der Waals surface area (Å²) in [5.74, 6) is 0. The summed E-state index contributed by atoms with van der Waals surface area (Å²) in [5, 5.41) is 0. The number of hydrogen-bond acceptors (Lipinski definition) is 5. The van der Waals surface area contributed by atoms with E-state index < -0.39 is 16.5 Å². The van der Waals surface area contributed by atoms with Crippen LogP contribution in [0.4, 0.5) is 0 Å². The van der Waals surface area contributed by atoms with Crippen molar-refractivity contribution in [2.45, 2.75) is 0 Å². The molecule has 0 aromatic carbocycles. The first-order valence-electron chi connectivity index (χ1n) is 1.94. The van der Waals surface area contributed by atoms with Gasteiger partial charge in [-0.15, -0.1) is 0 Å². The molecule has 0 amide bonds. The molecule has 0 saturated heterocycles. The van der Waals surface area contributed by atoms with Crippen LogP contribution in [-0.4, -0.2) is 11.6 Å². The van der Waals surface area contributed by atoms with Crippen molar-refractivity contribution in [1.29, 1.82) is 0 Å². The van der Waals surface area contributed by atoms with E-state index in [0.717, 1.165) is 0 Å². The lowest BCUT2D eigenvalue weighted by Crippen LogP contribution is -1.98. The number of rotatable bonds is 4. The van der Waals surface area contributed by atoms with Crippen LogP contribution >= 0.6 is 16.5 Å². The van der Waals surface area contributed by atoms with Crippen LogP contribution in [0.15, 0.2) is 0 Å². The molecule has 56 valence electrons. The van der Waals surface area contributed by atoms with Crippen molar-refractivity contribution < 1.29 is 22.9 Å². The quantitative estimate of drug-likeness (QED) is 0.449. The highest BCUT2D eigenvalue weighted by Crippen LogP contribution is 2.35. The smallest absolute Gasteiger partial charge is 0.326 e. The third-order valence-electron chi connectivity index (χ3n) is 0.372. The van der Waals surface area contributed by atoms with E-state index >= 15 is 0 Å². The maximum atomic E-state index is 10.2. The second-order valence-corrected chi connectivity index (χ2v) is 3.07. The van der Waals surface area contributed by atoms with Crippen molar-refractivity contribution in [3.05, 3.63) is 0 Å². The van der Waals surface area contributed by atoms with Crippen LogP contribution < -0.4 is 5.73 Å². The largest absolute Gasteiger partial charge is 0.327 e. The van der Waals surface area contributed by atoms with E-state index in [0.29, 0.717) is 0 Å². The fourth-order valence-corrected chi connectivity index (χ4v) is 1.11. The van der Waals surface area contributed by atoms with Gasteiger partial charge in [0.15, 0.2) is 0 Å². The van der Waals surface area contributed by atoms with Crippen molar-refractivity contribution in [3.8, 4) is 0 Å². The van der Waals surface area contributed by atoms with Crippen LogP contribution in [0.1, 0.15) is 0 Å². The molecule has 0 aliphatic carbocycles. The van der Waals surface area contributed by atoms with Crippen molar-refractivity contribution in [2.75, 3.05) is 6.73 Å². The van der Waals surface area contributed by atoms with Gasteiger partial charge in [-0.1, -0.05) is 0 Å². The van der Waals surface area contributed by atoms with Crippen molar-refractivity contribution >= 4 is 16.5 Å². The van der Waals surface area contributed by atoms with E-state index in [1.807, 2.05) is 0 Å². The van der Waals surface area contributed by atoms with E-state index in [-0.39, 0.29) is 6.73 Å². The first-order chi connectivity index (χ1) is 4.16. The summed E-state index contributed by atoms with van der Waals surface area (Å²) in [5.41, 5.74) is 4.76. The molecule has 0 aliphatic heterocycles. The highest BCUT2D eigenvalue weighted by atomic mass is 31.2. The molecule has 0 saturated carbocycles. The highest BCUT2D eigenvalue weighted by molar-refractivity contribution is 7.47. The van der Waals surface area contributed by atoms with Crippen LogP contribution in [0.5, 0.6) is 0 Å². The monoisotopic (exact) mass is 175 g/mol. The molecule has 6 nitrogen and oxygen atoms in total. The maximum absolute atomic E-state index is 10.2. The Morgan fingerprint density at radius 2 is 2.11 bits per heavy atom. The van der Waals surface area contributed by atoms with Gasteiger partial charge in [-0.05, 0) is 0 Å². The van der Waals surface area contributed by atoms with Crippen LogP contribution in [0.3, 0.4) is 0 Å². The Labute approximate surface area is 52.9 Å². The zero-order valence-electron chi connectivity index (χ0n) is 4.36. The van der Waals surface area contributed by atoms with Gasteiger partial charge < -0.3 is 10.6 Å². The second-order valence-electron chi connectivity index (χ2n) is 0.929. The van der Waals surface area contributed by atoms with Gasteiger partial charge >= 0.3 is 16.5 Å². The van der Waals surface area contributed by atoms with Gasteiger partial charge in [0.2, 0.25) is 0 Å². The van der Waals surface area contributed by atoms with Crippen LogP contribution in [0.2, 0.25) is 0 Å². The van der Waals surface area contributed by atoms with Crippen molar-refractivity contribution in [2.24, 2.45) is 5.73 Å². The minimum atomic E-state index is -3.15. The number of nitrogens with two attached hydrogens (primary N) is 1. The van der Waals surface area contributed by atoms with Gasteiger partial charge in [-0.25, -0.2) is 4.31 Å². The summed E-state index contributed by atoms with van der Waals surface area (Å²) in [4.78, 5) is 7.98. The average molecular weight is 175 g/mol. The molecule has 0 aromatic rings. The first kappa shape index (κ1) is 9.30. The summed E-state index contributed by atoms with van der Waals surface area (Å²) in [6, 6.07) is 0. The lowest BCUT2D eigenvalue weighted by Gasteiger charge is -1.96. The molecular formula is CH7NO5P2. The Bertz CT molecular complexity index is 124. The molecule has 2 unspecified atom stereocenters. The third-order valence-corrected chi connectivity index (χ3v) is 2.14. The molecule has 0 rings (SSSR count). The SMILES string of the molecule is NCO[PH](=O)O[PH](=O)O. The molecule has 0 heterocycles. The molecule has 3 N–H and O–H groups in total. The van der Waals surface area contributed by atoms with Gasteiger partial charge in [-0.3, -0.25) is 13.7 Å². The zero-order valence-corrected chi connectivity index (χ0v) is 6.36. The Balaban J connectivity index is 3.39. The second kappa shape index (κ2) is 5.11. The first-order valence-corrected chi connectivity index (χ1v) is 4.43. The minimum Gasteiger partial charge on any atom is -0.326 e. The van der Waals surface area contributed by atoms with Crippen LogP contribution in [-0.2, 0) is 18.0 Å². The topological polar surface area (TPSA) is 98.9 Å². The Kier molecular flexibility index (Phi) is 5.28. The predicted octanol–water partition coefficient (Wildman–Crippen LogP) is -0.293. The van der Waals surface area contributed by atoms with Crippen LogP contribution in [0.25, 0.3) is 0 Å². The summed E-state index contributed by atoms with van der Waals surface area (Å²) in [6.45, 7) is -0.285. The summed E-state index contributed by atoms with van der Waals surface area (Å²) < 4.78 is 27.9. The summed E-state index contributed by atoms with van der Waals surface area (Å²) in [7, 11) is -5.99. The highest BCUT2D eigenvalue weighted by Gasteiger charge is 1.99. The average Bonchev–Trinajstić information content (AvgIpc) is 1.63. The Morgan fingerprint density at radius 1 is 1.56 bits per heavy atom. The lowest BCUT2D eigenvalue weighted by molar-refractivity contribution is 0.287. The summed E-state index contributed by atoms with van der Waals surface area (Å²) in [6.07, 6.45) is 0. The minimum absolute atomic E-state index is 0.285. The third kappa shape index (κ3) is 6.18. The van der Waals surface area contributed by atoms with Crippen molar-refractivity contribution in [1.82, 2.24) is 0 Å². The number of hydrogen-bond donors (Lipinski definition) is 2. The van der Waals surface area contributed by atoms with Gasteiger partial charge in [-0.2, -0.15) is 0 Å². The summed E-state index contributed by atoms with van der Waals surface area (Å²) >= 11 is 0. The molecule has 9 heavy (non-hydrogen) atoms. The van der Waals surface area contributed by atoms with Gasteiger partial charge in [0.05, 0.1) is 0 Å². The van der Waals surface area contributed by atoms with Gasteiger partial charge in [0.25, 0.3) is 0 Å². The van der Waals surface area contributed by atoms with E-state index in [4.69, 9.17) is 10.6 Å². The maximum Gasteiger partial charge on any atom is 0.327 e. The molecule has 0 bridgehead atoms. The fraction of sp³-hybridized carbons (Fsp3) is 1.00. The molecule has 0 fully saturated rings. The molecule has 0 radical (unpaired) electrons. The van der Waals surface area contributed by atoms with Crippen molar-refractivity contribution in [3.63, 3.8) is 0 Å². The Hall–Kier alpha value is 0.300. The van der Waals surface area contributed by atoms with E-state index in [1.54, 1.807) is 0 Å². The van der Waals surface area contributed by atoms with Gasteiger partial charge in [0.1, 0.15) is 6.73 Å². The molecule has 8 heteroatoms. The normalized spacial score (nSPS) is 17.1. The fourth-order valence-electron chi connectivity index (χ4n) is 0.169. The van der Waals surface area contributed by atoms with E-state index in [2.05, 4.69) is 8.83 Å². The standard InChI is InChI=1S/CH7NO5P2/c2-1-6-9(5)7-8(3)4/h8-9H,1-2H2,(H,3,4). The van der Waals surface area contributed by atoms with E-state index in [1.165, 1.54) is 0 Å². The van der Waals surface area contributed by atoms with E-state index in [9.17, 15) is 9.13 Å². The Morgan fingerprint density at radius 3 is 2.44 bits per heavy atom. The van der Waals surface area contributed by atoms with Gasteiger partial charge in [0, 0.05) is 0 Å².